The average molecular weight is 295 g/mol. The summed E-state index contributed by atoms with van der Waals surface area (Å²) in [6.45, 7) is 4.58. The van der Waals surface area contributed by atoms with E-state index in [1.54, 1.807) is 0 Å². The molecule has 1 aliphatic heterocycles. The molecule has 2 rings (SSSR count). The fraction of sp³-hybridized carbons (Fsp3) is 0.462. The molecule has 0 aliphatic carbocycles. The number of carbonyl (C=O) groups excluding carboxylic acids is 1. The molecule has 1 aromatic rings. The van der Waals surface area contributed by atoms with Crippen LogP contribution in [0, 0.1) is 10.1 Å². The summed E-state index contributed by atoms with van der Waals surface area (Å²) in [6.07, 6.45) is -0.605. The van der Waals surface area contributed by atoms with E-state index in [1.165, 1.54) is 12.1 Å². The lowest BCUT2D eigenvalue weighted by molar-refractivity contribution is -0.385. The number of carbonyl (C=O) groups is 1. The first-order valence-electron chi connectivity index (χ1n) is 6.63. The zero-order valence-corrected chi connectivity index (χ0v) is 11.6. The van der Waals surface area contributed by atoms with Crippen molar-refractivity contribution < 1.29 is 19.6 Å². The Kier molecular flexibility index (Phi) is 4.71. The molecule has 1 aromatic carbocycles. The minimum atomic E-state index is -0.707. The number of amides is 1. The second-order valence-electron chi connectivity index (χ2n) is 4.70. The molecule has 0 spiro atoms. The molecule has 1 heterocycles. The van der Waals surface area contributed by atoms with Crippen molar-refractivity contribution in [2.24, 2.45) is 0 Å². The lowest BCUT2D eigenvalue weighted by atomic mass is 10.2. The van der Waals surface area contributed by atoms with Gasteiger partial charge in [0.05, 0.1) is 11.5 Å². The number of phenols is 1. The van der Waals surface area contributed by atoms with E-state index in [2.05, 4.69) is 10.2 Å². The summed E-state index contributed by atoms with van der Waals surface area (Å²) in [5.74, 6) is -0.794. The molecule has 1 aliphatic rings. The van der Waals surface area contributed by atoms with Crippen LogP contribution in [-0.2, 0) is 9.53 Å². The maximum Gasteiger partial charge on any atom is 0.312 e. The third kappa shape index (κ3) is 3.67. The second kappa shape index (κ2) is 6.51. The monoisotopic (exact) mass is 295 g/mol. The summed E-state index contributed by atoms with van der Waals surface area (Å²) in [5.41, 5.74) is -0.200. The number of anilines is 1. The van der Waals surface area contributed by atoms with Crippen LogP contribution in [0.5, 0.6) is 5.75 Å². The van der Waals surface area contributed by atoms with Crippen LogP contribution in [0.25, 0.3) is 0 Å². The van der Waals surface area contributed by atoms with Gasteiger partial charge in [0, 0.05) is 24.8 Å². The average Bonchev–Trinajstić information content (AvgIpc) is 2.49. The Hall–Kier alpha value is -2.19. The van der Waals surface area contributed by atoms with Gasteiger partial charge >= 0.3 is 5.69 Å². The van der Waals surface area contributed by atoms with Crippen molar-refractivity contribution in [3.8, 4) is 5.75 Å². The van der Waals surface area contributed by atoms with Crippen molar-refractivity contribution in [3.05, 3.63) is 28.3 Å². The molecular weight excluding hydrogens is 278 g/mol. The standard InChI is InChI=1S/C13H17N3O5/c1-2-15-5-6-21-12(8-15)13(18)14-9-3-4-11(17)10(7-9)16(19)20/h3-4,7,12,17H,2,5-6,8H2,1H3,(H,14,18). The molecule has 8 nitrogen and oxygen atoms in total. The first-order chi connectivity index (χ1) is 10.0. The molecule has 21 heavy (non-hydrogen) atoms. The number of ether oxygens (including phenoxy) is 1. The summed E-state index contributed by atoms with van der Waals surface area (Å²) in [6, 6.07) is 3.70. The van der Waals surface area contributed by atoms with Gasteiger partial charge in [-0.2, -0.15) is 0 Å². The van der Waals surface area contributed by atoms with Crippen molar-refractivity contribution >= 4 is 17.3 Å². The van der Waals surface area contributed by atoms with Crippen molar-refractivity contribution in [2.45, 2.75) is 13.0 Å². The highest BCUT2D eigenvalue weighted by Crippen LogP contribution is 2.28. The summed E-state index contributed by atoms with van der Waals surface area (Å²) in [7, 11) is 0. The van der Waals surface area contributed by atoms with E-state index in [0.29, 0.717) is 13.2 Å². The van der Waals surface area contributed by atoms with Gasteiger partial charge < -0.3 is 15.2 Å². The molecule has 0 radical (unpaired) electrons. The number of nitrogens with one attached hydrogen (secondary N) is 1. The van der Waals surface area contributed by atoms with E-state index in [4.69, 9.17) is 4.74 Å². The Morgan fingerprint density at radius 3 is 3.05 bits per heavy atom. The third-order valence-corrected chi connectivity index (χ3v) is 3.33. The number of benzene rings is 1. The Morgan fingerprint density at radius 2 is 2.38 bits per heavy atom. The fourth-order valence-corrected chi connectivity index (χ4v) is 2.12. The first kappa shape index (κ1) is 15.2. The van der Waals surface area contributed by atoms with Gasteiger partial charge in [0.15, 0.2) is 5.75 Å². The highest BCUT2D eigenvalue weighted by Gasteiger charge is 2.26. The normalized spacial score (nSPS) is 19.2. The zero-order valence-electron chi connectivity index (χ0n) is 11.6. The Labute approximate surface area is 121 Å². The Morgan fingerprint density at radius 1 is 1.62 bits per heavy atom. The number of rotatable bonds is 4. The topological polar surface area (TPSA) is 105 Å². The van der Waals surface area contributed by atoms with Crippen molar-refractivity contribution in [2.75, 3.05) is 31.6 Å². The van der Waals surface area contributed by atoms with Gasteiger partial charge in [-0.1, -0.05) is 6.92 Å². The van der Waals surface area contributed by atoms with Crippen LogP contribution in [0.1, 0.15) is 6.92 Å². The first-order valence-corrected chi connectivity index (χ1v) is 6.63. The van der Waals surface area contributed by atoms with Gasteiger partial charge in [0.2, 0.25) is 0 Å². The predicted octanol–water partition coefficient (Wildman–Crippen LogP) is 0.960. The SMILES string of the molecule is CCN1CCOC(C(=O)Nc2ccc(O)c([N+](=O)[O-])c2)C1. The highest BCUT2D eigenvalue weighted by atomic mass is 16.6. The quantitative estimate of drug-likeness (QED) is 0.487. The number of phenolic OH excluding ortho intramolecular Hbond substituents is 1. The zero-order chi connectivity index (χ0) is 15.4. The molecule has 8 heteroatoms. The van der Waals surface area contributed by atoms with Gasteiger partial charge in [-0.3, -0.25) is 19.8 Å². The van der Waals surface area contributed by atoms with E-state index < -0.39 is 22.5 Å². The number of hydrogen-bond acceptors (Lipinski definition) is 6. The number of likely N-dealkylation sites (N-methyl/N-ethyl adjacent to an activating group) is 1. The van der Waals surface area contributed by atoms with Gasteiger partial charge in [-0.15, -0.1) is 0 Å². The molecular formula is C13H17N3O5. The van der Waals surface area contributed by atoms with Crippen LogP contribution in [0.4, 0.5) is 11.4 Å². The van der Waals surface area contributed by atoms with E-state index in [0.717, 1.165) is 19.2 Å². The number of nitrogens with zero attached hydrogens (tertiary/aromatic N) is 2. The lowest BCUT2D eigenvalue weighted by Gasteiger charge is -2.31. The summed E-state index contributed by atoms with van der Waals surface area (Å²) >= 11 is 0. The minimum Gasteiger partial charge on any atom is -0.502 e. The van der Waals surface area contributed by atoms with Crippen LogP contribution < -0.4 is 5.32 Å². The maximum absolute atomic E-state index is 12.1. The van der Waals surface area contributed by atoms with Crippen LogP contribution >= 0.6 is 0 Å². The van der Waals surface area contributed by atoms with Crippen LogP contribution in [0.3, 0.4) is 0 Å². The highest BCUT2D eigenvalue weighted by molar-refractivity contribution is 5.94. The van der Waals surface area contributed by atoms with Crippen LogP contribution in [-0.4, -0.2) is 53.2 Å². The molecule has 0 bridgehead atoms. The minimum absolute atomic E-state index is 0.252. The van der Waals surface area contributed by atoms with E-state index in [-0.39, 0.29) is 11.6 Å². The molecule has 1 amide bonds. The van der Waals surface area contributed by atoms with E-state index >= 15 is 0 Å². The Balaban J connectivity index is 2.05. The molecule has 114 valence electrons. The molecule has 1 unspecified atom stereocenters. The summed E-state index contributed by atoms with van der Waals surface area (Å²) in [5, 5.41) is 22.7. The molecule has 1 fully saturated rings. The summed E-state index contributed by atoms with van der Waals surface area (Å²) in [4.78, 5) is 24.2. The molecule has 1 saturated heterocycles. The Bertz CT molecular complexity index is 549. The van der Waals surface area contributed by atoms with Gasteiger partial charge in [0.25, 0.3) is 5.91 Å². The molecule has 2 N–H and O–H groups in total. The lowest BCUT2D eigenvalue weighted by Crippen LogP contribution is -2.47. The van der Waals surface area contributed by atoms with E-state index in [9.17, 15) is 20.0 Å². The van der Waals surface area contributed by atoms with Crippen LogP contribution in [0.15, 0.2) is 18.2 Å². The van der Waals surface area contributed by atoms with Crippen molar-refractivity contribution in [1.29, 1.82) is 0 Å². The number of nitro groups is 1. The number of aromatic hydroxyl groups is 1. The number of morpholine rings is 1. The smallest absolute Gasteiger partial charge is 0.312 e. The molecule has 0 aromatic heterocycles. The predicted molar refractivity (Wildman–Crippen MR) is 75.2 cm³/mol. The number of hydrogen-bond donors (Lipinski definition) is 2. The maximum atomic E-state index is 12.1. The van der Waals surface area contributed by atoms with Crippen molar-refractivity contribution in [1.82, 2.24) is 4.90 Å². The molecule has 1 atom stereocenters. The molecule has 0 saturated carbocycles. The van der Waals surface area contributed by atoms with E-state index in [1.807, 2.05) is 6.92 Å². The van der Waals surface area contributed by atoms with Crippen LogP contribution in [0.2, 0.25) is 0 Å². The fourth-order valence-electron chi connectivity index (χ4n) is 2.12. The van der Waals surface area contributed by atoms with Gasteiger partial charge in [-0.25, -0.2) is 0 Å². The largest absolute Gasteiger partial charge is 0.502 e. The summed E-state index contributed by atoms with van der Waals surface area (Å²) < 4.78 is 5.41. The number of nitro benzene ring substituents is 1. The van der Waals surface area contributed by atoms with Crippen molar-refractivity contribution in [3.63, 3.8) is 0 Å². The van der Waals surface area contributed by atoms with Gasteiger partial charge in [0.1, 0.15) is 6.10 Å². The van der Waals surface area contributed by atoms with Gasteiger partial charge in [-0.05, 0) is 18.7 Å². The third-order valence-electron chi connectivity index (χ3n) is 3.33. The second-order valence-corrected chi connectivity index (χ2v) is 4.70.